The van der Waals surface area contributed by atoms with Crippen molar-refractivity contribution in [2.45, 2.75) is 25.8 Å². The molecule has 0 unspecified atom stereocenters. The topological polar surface area (TPSA) is 84.4 Å². The number of nitrogens with one attached hydrogen (secondary N) is 1. The lowest BCUT2D eigenvalue weighted by atomic mass is 10.2. The molecule has 0 radical (unpaired) electrons. The highest BCUT2D eigenvalue weighted by molar-refractivity contribution is 7.13. The molecule has 7 nitrogen and oxygen atoms in total. The number of rotatable bonds is 6. The predicted octanol–water partition coefficient (Wildman–Crippen LogP) is 4.49. The maximum absolute atomic E-state index is 12.8. The van der Waals surface area contributed by atoms with E-state index >= 15 is 0 Å². The van der Waals surface area contributed by atoms with E-state index < -0.39 is 0 Å². The minimum Gasteiger partial charge on any atom is -0.484 e. The van der Waals surface area contributed by atoms with E-state index in [-0.39, 0.29) is 29.5 Å². The predicted molar refractivity (Wildman–Crippen MR) is 120 cm³/mol. The average molecular weight is 457 g/mol. The minimum atomic E-state index is -0.357. The van der Waals surface area contributed by atoms with Crippen LogP contribution in [0.25, 0.3) is 0 Å². The van der Waals surface area contributed by atoms with Gasteiger partial charge in [0.15, 0.2) is 6.61 Å². The molecular weight excluding hydrogens is 436 g/mol. The Balaban J connectivity index is 1.40. The van der Waals surface area contributed by atoms with Crippen molar-refractivity contribution >= 4 is 40.4 Å². The second kappa shape index (κ2) is 9.45. The number of ether oxygens (including phenoxy) is 1. The Labute approximate surface area is 189 Å². The van der Waals surface area contributed by atoms with E-state index in [0.717, 1.165) is 18.4 Å². The third kappa shape index (κ3) is 5.21. The van der Waals surface area contributed by atoms with Crippen LogP contribution in [0.4, 0.5) is 5.69 Å². The first kappa shape index (κ1) is 21.3. The first-order valence-electron chi connectivity index (χ1n) is 9.89. The summed E-state index contributed by atoms with van der Waals surface area (Å²) in [4.78, 5) is 27.0. The van der Waals surface area contributed by atoms with Crippen LogP contribution in [0.2, 0.25) is 5.02 Å². The van der Waals surface area contributed by atoms with Crippen LogP contribution < -0.4 is 10.1 Å². The van der Waals surface area contributed by atoms with Crippen molar-refractivity contribution in [3.05, 3.63) is 69.1 Å². The Kier molecular flexibility index (Phi) is 6.48. The fourth-order valence-corrected chi connectivity index (χ4v) is 4.54. The molecule has 31 heavy (non-hydrogen) atoms. The zero-order chi connectivity index (χ0) is 21.8. The van der Waals surface area contributed by atoms with Gasteiger partial charge >= 0.3 is 0 Å². The zero-order valence-electron chi connectivity index (χ0n) is 16.9. The molecule has 1 N–H and O–H groups in total. The number of aromatic nitrogens is 2. The monoisotopic (exact) mass is 456 g/mol. The molecule has 2 heterocycles. The van der Waals surface area contributed by atoms with E-state index in [1.165, 1.54) is 11.3 Å². The van der Waals surface area contributed by atoms with Gasteiger partial charge in [0.05, 0.1) is 6.04 Å². The smallest absolute Gasteiger partial charge is 0.286 e. The fraction of sp³-hybridized carbons (Fsp3) is 0.273. The molecule has 3 aromatic rings. The van der Waals surface area contributed by atoms with E-state index in [2.05, 4.69) is 15.5 Å². The van der Waals surface area contributed by atoms with Crippen LogP contribution in [0.1, 0.15) is 39.3 Å². The van der Waals surface area contributed by atoms with Crippen molar-refractivity contribution in [1.29, 1.82) is 0 Å². The Morgan fingerprint density at radius 1 is 1.23 bits per heavy atom. The van der Waals surface area contributed by atoms with Crippen LogP contribution in [0.5, 0.6) is 5.75 Å². The summed E-state index contributed by atoms with van der Waals surface area (Å²) in [7, 11) is 0. The van der Waals surface area contributed by atoms with E-state index in [0.29, 0.717) is 28.0 Å². The Hall–Kier alpha value is -2.97. The summed E-state index contributed by atoms with van der Waals surface area (Å²) in [6.45, 7) is 2.56. The van der Waals surface area contributed by atoms with Gasteiger partial charge in [0, 0.05) is 17.3 Å². The molecule has 1 aromatic heterocycles. The quantitative estimate of drug-likeness (QED) is 0.590. The highest BCUT2D eigenvalue weighted by Crippen LogP contribution is 2.34. The molecule has 0 bridgehead atoms. The molecule has 2 amide bonds. The van der Waals surface area contributed by atoms with Gasteiger partial charge in [-0.3, -0.25) is 9.59 Å². The first-order chi connectivity index (χ1) is 15.0. The van der Waals surface area contributed by atoms with Crippen LogP contribution in [-0.2, 0) is 4.79 Å². The summed E-state index contributed by atoms with van der Waals surface area (Å²) in [6, 6.07) is 14.3. The standard InChI is InChI=1S/C22H21ClN4O3S/c1-14-5-2-8-17(11-14)30-13-19(28)27-10-4-9-18(27)21-25-26-22(31-21)20(29)24-16-7-3-6-15(23)12-16/h2-3,5-8,11-12,18H,4,9-10,13H2,1H3,(H,24,29)/t18-/m1/s1. The van der Waals surface area contributed by atoms with E-state index in [4.69, 9.17) is 16.3 Å². The van der Waals surface area contributed by atoms with Crippen LogP contribution in [0, 0.1) is 6.92 Å². The molecule has 1 aliphatic rings. The molecule has 4 rings (SSSR count). The summed E-state index contributed by atoms with van der Waals surface area (Å²) in [5, 5.41) is 12.4. The molecule has 0 aliphatic carbocycles. The third-order valence-electron chi connectivity index (χ3n) is 4.93. The number of carbonyl (C=O) groups is 2. The van der Waals surface area contributed by atoms with Crippen molar-refractivity contribution in [3.63, 3.8) is 0 Å². The number of amides is 2. The number of hydrogen-bond donors (Lipinski definition) is 1. The molecule has 1 aliphatic heterocycles. The van der Waals surface area contributed by atoms with Crippen molar-refractivity contribution < 1.29 is 14.3 Å². The Morgan fingerprint density at radius 3 is 2.87 bits per heavy atom. The number of nitrogens with zero attached hydrogens (tertiary/aromatic N) is 3. The maximum atomic E-state index is 12.8. The lowest BCUT2D eigenvalue weighted by Crippen LogP contribution is -2.34. The number of carbonyl (C=O) groups excluding carboxylic acids is 2. The van der Waals surface area contributed by atoms with Gasteiger partial charge in [-0.25, -0.2) is 0 Å². The van der Waals surface area contributed by atoms with Gasteiger partial charge in [-0.2, -0.15) is 0 Å². The number of benzene rings is 2. The van der Waals surface area contributed by atoms with Gasteiger partial charge in [0.1, 0.15) is 10.8 Å². The second-order valence-corrected chi connectivity index (χ2v) is 8.71. The number of hydrogen-bond acceptors (Lipinski definition) is 6. The molecule has 160 valence electrons. The molecule has 1 atom stereocenters. The highest BCUT2D eigenvalue weighted by atomic mass is 35.5. The second-order valence-electron chi connectivity index (χ2n) is 7.26. The lowest BCUT2D eigenvalue weighted by Gasteiger charge is -2.22. The highest BCUT2D eigenvalue weighted by Gasteiger charge is 2.33. The zero-order valence-corrected chi connectivity index (χ0v) is 18.4. The summed E-state index contributed by atoms with van der Waals surface area (Å²) < 4.78 is 5.67. The van der Waals surface area contributed by atoms with Crippen LogP contribution in [-0.4, -0.2) is 40.1 Å². The largest absolute Gasteiger partial charge is 0.484 e. The van der Waals surface area contributed by atoms with Crippen molar-refractivity contribution in [2.75, 3.05) is 18.5 Å². The van der Waals surface area contributed by atoms with Gasteiger partial charge in [0.25, 0.3) is 11.8 Å². The maximum Gasteiger partial charge on any atom is 0.286 e. The van der Waals surface area contributed by atoms with Crippen molar-refractivity contribution in [3.8, 4) is 5.75 Å². The summed E-state index contributed by atoms with van der Waals surface area (Å²) in [5.41, 5.74) is 1.65. The van der Waals surface area contributed by atoms with Gasteiger partial charge in [0.2, 0.25) is 5.01 Å². The number of anilines is 1. The van der Waals surface area contributed by atoms with Crippen LogP contribution in [0.3, 0.4) is 0 Å². The van der Waals surface area contributed by atoms with Crippen LogP contribution in [0.15, 0.2) is 48.5 Å². The van der Waals surface area contributed by atoms with Gasteiger partial charge in [-0.05, 0) is 55.7 Å². The minimum absolute atomic E-state index is 0.0408. The van der Waals surface area contributed by atoms with E-state index in [1.807, 2.05) is 31.2 Å². The Bertz CT molecular complexity index is 1100. The molecule has 1 fully saturated rings. The summed E-state index contributed by atoms with van der Waals surface area (Å²) in [6.07, 6.45) is 1.64. The number of halogens is 1. The Morgan fingerprint density at radius 2 is 2.06 bits per heavy atom. The fourth-order valence-electron chi connectivity index (χ4n) is 3.47. The molecular formula is C22H21ClN4O3S. The van der Waals surface area contributed by atoms with E-state index in [1.54, 1.807) is 29.2 Å². The van der Waals surface area contributed by atoms with Gasteiger partial charge < -0.3 is 15.0 Å². The van der Waals surface area contributed by atoms with E-state index in [9.17, 15) is 9.59 Å². The van der Waals surface area contributed by atoms with Crippen molar-refractivity contribution in [2.24, 2.45) is 0 Å². The molecule has 0 saturated carbocycles. The molecule has 2 aromatic carbocycles. The molecule has 0 spiro atoms. The summed E-state index contributed by atoms with van der Waals surface area (Å²) >= 11 is 7.16. The summed E-state index contributed by atoms with van der Waals surface area (Å²) in [5.74, 6) is 0.203. The van der Waals surface area contributed by atoms with Crippen molar-refractivity contribution in [1.82, 2.24) is 15.1 Å². The van der Waals surface area contributed by atoms with Crippen LogP contribution >= 0.6 is 22.9 Å². The SMILES string of the molecule is Cc1cccc(OCC(=O)N2CCC[C@@H]2c2nnc(C(=O)Nc3cccc(Cl)c3)s2)c1. The average Bonchev–Trinajstić information content (AvgIpc) is 3.41. The lowest BCUT2D eigenvalue weighted by molar-refractivity contribution is -0.134. The molecule has 1 saturated heterocycles. The normalized spacial score (nSPS) is 15.7. The number of aryl methyl sites for hydroxylation is 1. The first-order valence-corrected chi connectivity index (χ1v) is 11.1. The third-order valence-corrected chi connectivity index (χ3v) is 6.19. The van der Waals surface area contributed by atoms with Gasteiger partial charge in [-0.15, -0.1) is 10.2 Å². The van der Waals surface area contributed by atoms with Gasteiger partial charge in [-0.1, -0.05) is 41.1 Å². The number of likely N-dealkylation sites (tertiary alicyclic amines) is 1. The molecule has 9 heteroatoms.